The van der Waals surface area contributed by atoms with Crippen LogP contribution in [0.3, 0.4) is 0 Å². The topological polar surface area (TPSA) is 80.2 Å². The van der Waals surface area contributed by atoms with E-state index < -0.39 is 10.1 Å². The maximum Gasteiger partial charge on any atom is 0.264 e. The number of fused-ring (bicyclic) bond motifs is 3. The van der Waals surface area contributed by atoms with Crippen molar-refractivity contribution in [2.45, 2.75) is 6.92 Å². The van der Waals surface area contributed by atoms with Crippen LogP contribution in [0.15, 0.2) is 36.0 Å². The van der Waals surface area contributed by atoms with Crippen LogP contribution in [0.2, 0.25) is 0 Å². The van der Waals surface area contributed by atoms with Crippen molar-refractivity contribution in [3.8, 4) is 0 Å². The molecule has 0 spiro atoms. The molecule has 7 heteroatoms. The van der Waals surface area contributed by atoms with Gasteiger partial charge in [0.15, 0.2) is 0 Å². The van der Waals surface area contributed by atoms with E-state index in [2.05, 4.69) is 16.0 Å². The van der Waals surface area contributed by atoms with Gasteiger partial charge in [0.25, 0.3) is 10.1 Å². The molecule has 5 nitrogen and oxygen atoms in total. The Hall–Kier alpha value is -1.57. The first-order valence-corrected chi connectivity index (χ1v) is 8.02. The van der Waals surface area contributed by atoms with E-state index in [-0.39, 0.29) is 5.75 Å². The van der Waals surface area contributed by atoms with Crippen LogP contribution in [-0.4, -0.2) is 28.7 Å². The van der Waals surface area contributed by atoms with Crippen LogP contribution >= 0.6 is 11.3 Å². The molecule has 0 atom stereocenters. The molecule has 3 aromatic rings. The predicted octanol–water partition coefficient (Wildman–Crippen LogP) is 2.74. The largest absolute Gasteiger partial charge is 0.286 e. The Morgan fingerprint density at radius 2 is 1.89 bits per heavy atom. The molecule has 19 heavy (non-hydrogen) atoms. The fourth-order valence-corrected chi connectivity index (χ4v) is 2.25. The van der Waals surface area contributed by atoms with E-state index in [4.69, 9.17) is 4.55 Å². The van der Waals surface area contributed by atoms with E-state index in [1.165, 1.54) is 17.0 Å². The molecule has 1 N–H and O–H groups in total. The molecule has 0 fully saturated rings. The highest BCUT2D eigenvalue weighted by molar-refractivity contribution is 7.85. The minimum Gasteiger partial charge on any atom is -0.286 e. The molecule has 2 aromatic heterocycles. The van der Waals surface area contributed by atoms with Crippen molar-refractivity contribution >= 4 is 42.6 Å². The fraction of sp³-hybridized carbons (Fsp3) is 0.167. The van der Waals surface area contributed by atoms with Gasteiger partial charge in [-0.05, 0) is 13.0 Å². The third kappa shape index (κ3) is 3.46. The Kier molecular flexibility index (Phi) is 4.08. The van der Waals surface area contributed by atoms with Crippen molar-refractivity contribution in [3.05, 3.63) is 36.0 Å². The lowest BCUT2D eigenvalue weighted by molar-refractivity contribution is 0.484. The molecular formula is C12H12N2O3S2. The van der Waals surface area contributed by atoms with E-state index in [9.17, 15) is 8.42 Å². The third-order valence-electron chi connectivity index (χ3n) is 2.43. The molecule has 0 aliphatic rings. The summed E-state index contributed by atoms with van der Waals surface area (Å²) in [6.07, 6.45) is 1.83. The van der Waals surface area contributed by atoms with Crippen LogP contribution in [-0.2, 0) is 10.1 Å². The molecule has 2 heterocycles. The van der Waals surface area contributed by atoms with Crippen LogP contribution in [0.25, 0.3) is 21.1 Å². The molecule has 1 aromatic carbocycles. The molecule has 0 bridgehead atoms. The van der Waals surface area contributed by atoms with Crippen molar-refractivity contribution in [1.82, 2.24) is 9.97 Å². The number of rotatable bonds is 1. The zero-order chi connectivity index (χ0) is 13.9. The summed E-state index contributed by atoms with van der Waals surface area (Å²) in [5.74, 6) is -0.201. The van der Waals surface area contributed by atoms with Gasteiger partial charge in [0, 0.05) is 5.39 Å². The monoisotopic (exact) mass is 296 g/mol. The lowest BCUT2D eigenvalue weighted by atomic mass is 10.2. The molecule has 0 radical (unpaired) electrons. The molecule has 100 valence electrons. The van der Waals surface area contributed by atoms with Crippen LogP contribution in [0.5, 0.6) is 0 Å². The number of aromatic nitrogens is 2. The van der Waals surface area contributed by atoms with Crippen LogP contribution < -0.4 is 0 Å². The summed E-state index contributed by atoms with van der Waals surface area (Å²) in [7, 11) is -3.66. The Bertz CT molecular complexity index is 797. The maximum absolute atomic E-state index is 9.56. The Morgan fingerprint density at radius 1 is 1.21 bits per heavy atom. The quantitative estimate of drug-likeness (QED) is 0.698. The second-order valence-corrected chi connectivity index (χ2v) is 6.31. The van der Waals surface area contributed by atoms with Crippen LogP contribution in [0, 0.1) is 0 Å². The number of para-hydroxylation sites is 1. The highest BCUT2D eigenvalue weighted by Crippen LogP contribution is 2.25. The third-order valence-corrected chi connectivity index (χ3v) is 4.04. The summed E-state index contributed by atoms with van der Waals surface area (Å²) in [4.78, 5) is 8.55. The highest BCUT2D eigenvalue weighted by Gasteiger charge is 2.01. The van der Waals surface area contributed by atoms with Gasteiger partial charge < -0.3 is 0 Å². The summed E-state index contributed by atoms with van der Waals surface area (Å²) in [5.41, 5.74) is 3.89. The van der Waals surface area contributed by atoms with Crippen LogP contribution in [0.1, 0.15) is 6.92 Å². The fourth-order valence-electron chi connectivity index (χ4n) is 1.46. The predicted molar refractivity (Wildman–Crippen MR) is 77.0 cm³/mol. The zero-order valence-corrected chi connectivity index (χ0v) is 11.8. The number of thiazole rings is 1. The summed E-state index contributed by atoms with van der Waals surface area (Å²) in [5, 5.41) is 1.20. The molecule has 0 amide bonds. The molecule has 0 aliphatic heterocycles. The van der Waals surface area contributed by atoms with E-state index in [0.29, 0.717) is 0 Å². The van der Waals surface area contributed by atoms with Crippen LogP contribution in [0.4, 0.5) is 0 Å². The smallest absolute Gasteiger partial charge is 0.264 e. The average molecular weight is 296 g/mol. The molecule has 0 saturated carbocycles. The van der Waals surface area contributed by atoms with Gasteiger partial charge in [-0.3, -0.25) is 9.54 Å². The van der Waals surface area contributed by atoms with Crippen molar-refractivity contribution in [3.63, 3.8) is 0 Å². The van der Waals surface area contributed by atoms with E-state index >= 15 is 0 Å². The normalized spacial score (nSPS) is 11.3. The lowest BCUT2D eigenvalue weighted by Gasteiger charge is -1.95. The number of pyridine rings is 1. The van der Waals surface area contributed by atoms with Gasteiger partial charge in [0.2, 0.25) is 0 Å². The van der Waals surface area contributed by atoms with E-state index in [1.807, 2.05) is 29.9 Å². The van der Waals surface area contributed by atoms with Crippen molar-refractivity contribution < 1.29 is 13.0 Å². The Balaban J connectivity index is 0.000000192. The summed E-state index contributed by atoms with van der Waals surface area (Å²) in [6.45, 7) is 1.37. The van der Waals surface area contributed by atoms with Gasteiger partial charge in [-0.25, -0.2) is 4.98 Å². The first kappa shape index (κ1) is 13.9. The Morgan fingerprint density at radius 3 is 2.58 bits per heavy atom. The van der Waals surface area contributed by atoms with Gasteiger partial charge in [-0.2, -0.15) is 8.42 Å². The van der Waals surface area contributed by atoms with E-state index in [0.717, 1.165) is 11.0 Å². The highest BCUT2D eigenvalue weighted by atomic mass is 32.2. The van der Waals surface area contributed by atoms with Crippen molar-refractivity contribution in [2.24, 2.45) is 0 Å². The van der Waals surface area contributed by atoms with Gasteiger partial charge in [0.05, 0.1) is 27.7 Å². The number of hydrogen-bond donors (Lipinski definition) is 1. The zero-order valence-electron chi connectivity index (χ0n) is 10.1. The van der Waals surface area contributed by atoms with E-state index in [1.54, 1.807) is 11.3 Å². The summed E-state index contributed by atoms with van der Waals surface area (Å²) < 4.78 is 28.1. The van der Waals surface area contributed by atoms with Crippen molar-refractivity contribution in [1.29, 1.82) is 0 Å². The van der Waals surface area contributed by atoms with Gasteiger partial charge >= 0.3 is 0 Å². The van der Waals surface area contributed by atoms with Gasteiger partial charge in [0.1, 0.15) is 5.52 Å². The minimum absolute atomic E-state index is 0.201. The Labute approximate surface area is 114 Å². The molecular weight excluding hydrogens is 284 g/mol. The lowest BCUT2D eigenvalue weighted by Crippen LogP contribution is -1.97. The van der Waals surface area contributed by atoms with Gasteiger partial charge in [-0.15, -0.1) is 11.3 Å². The SMILES string of the molecule is CCS(=O)(=O)O.c1ccc2c(c1)ncc1ncsc12. The minimum atomic E-state index is -3.66. The maximum atomic E-state index is 9.56. The van der Waals surface area contributed by atoms with Gasteiger partial charge in [-0.1, -0.05) is 18.2 Å². The average Bonchev–Trinajstić information content (AvgIpc) is 2.87. The number of benzene rings is 1. The number of hydrogen-bond acceptors (Lipinski definition) is 5. The molecule has 0 unspecified atom stereocenters. The first-order valence-electron chi connectivity index (χ1n) is 5.53. The van der Waals surface area contributed by atoms with Crippen molar-refractivity contribution in [2.75, 3.05) is 5.75 Å². The first-order chi connectivity index (χ1) is 9.01. The summed E-state index contributed by atoms with van der Waals surface area (Å²) in [6, 6.07) is 8.14. The summed E-state index contributed by atoms with van der Waals surface area (Å²) >= 11 is 1.67. The molecule has 3 rings (SSSR count). The second kappa shape index (κ2) is 5.60. The standard InChI is InChI=1S/C10H6N2S.C2H6O3S/c1-2-4-8-7(3-1)10-9(5-11-8)12-6-13-10;1-2-6(3,4)5/h1-6H;2H2,1H3,(H,3,4,5). The number of nitrogens with zero attached hydrogens (tertiary/aromatic N) is 2. The molecule has 0 saturated heterocycles. The molecule has 0 aliphatic carbocycles. The second-order valence-electron chi connectivity index (χ2n) is 3.71.